The number of hydrogen-bond acceptors (Lipinski definition) is 5. The lowest BCUT2D eigenvalue weighted by Gasteiger charge is -2.39. The minimum atomic E-state index is -0.584. The van der Waals surface area contributed by atoms with Crippen molar-refractivity contribution in [2.24, 2.45) is 11.8 Å². The molecule has 8 nitrogen and oxygen atoms in total. The summed E-state index contributed by atoms with van der Waals surface area (Å²) in [5.41, 5.74) is 0.453. The van der Waals surface area contributed by atoms with Crippen LogP contribution in [0.25, 0.3) is 0 Å². The molecule has 8 heteroatoms. The molecule has 4 aliphatic rings. The fourth-order valence-electron chi connectivity index (χ4n) is 5.84. The van der Waals surface area contributed by atoms with Crippen LogP contribution in [0.4, 0.5) is 0 Å². The van der Waals surface area contributed by atoms with Crippen molar-refractivity contribution in [2.75, 3.05) is 33.0 Å². The first-order valence-electron chi connectivity index (χ1n) is 12.9. The molecule has 1 aliphatic carbocycles. The van der Waals surface area contributed by atoms with Gasteiger partial charge in [-0.05, 0) is 69.1 Å². The molecule has 3 amide bonds. The second-order valence-corrected chi connectivity index (χ2v) is 10.0. The van der Waals surface area contributed by atoms with Crippen LogP contribution in [0.2, 0.25) is 0 Å². The number of hydrogen-bond donors (Lipinski definition) is 1. The van der Waals surface area contributed by atoms with Crippen molar-refractivity contribution in [3.8, 4) is 11.5 Å². The SMILES string of the molecule is O=C(NC(C(=O)N1CCCCC1)C1CCN(C(=O)C2CCCC2)CC1)c1ccc2c(c1)OCO2. The molecule has 0 radical (unpaired) electrons. The molecule has 2 saturated heterocycles. The Bertz CT molecular complexity index is 915. The highest BCUT2D eigenvalue weighted by atomic mass is 16.7. The van der Waals surface area contributed by atoms with E-state index in [0.29, 0.717) is 30.2 Å². The number of piperidine rings is 2. The van der Waals surface area contributed by atoms with Crippen LogP contribution in [0, 0.1) is 11.8 Å². The summed E-state index contributed by atoms with van der Waals surface area (Å²) in [6.07, 6.45) is 8.89. The largest absolute Gasteiger partial charge is 0.454 e. The van der Waals surface area contributed by atoms with Crippen molar-refractivity contribution in [1.82, 2.24) is 15.1 Å². The Kier molecular flexibility index (Phi) is 6.92. The highest BCUT2D eigenvalue weighted by Crippen LogP contribution is 2.33. The molecular weight excluding hydrogens is 434 g/mol. The number of benzene rings is 1. The van der Waals surface area contributed by atoms with E-state index in [2.05, 4.69) is 5.32 Å². The van der Waals surface area contributed by atoms with Crippen molar-refractivity contribution < 1.29 is 23.9 Å². The quantitative estimate of drug-likeness (QED) is 0.716. The molecule has 3 heterocycles. The van der Waals surface area contributed by atoms with Crippen LogP contribution in [0.3, 0.4) is 0 Å². The van der Waals surface area contributed by atoms with Crippen molar-refractivity contribution in [3.05, 3.63) is 23.8 Å². The summed E-state index contributed by atoms with van der Waals surface area (Å²) < 4.78 is 10.8. The Morgan fingerprint density at radius 1 is 0.824 bits per heavy atom. The lowest BCUT2D eigenvalue weighted by atomic mass is 9.87. The summed E-state index contributed by atoms with van der Waals surface area (Å²) in [4.78, 5) is 43.5. The zero-order valence-corrected chi connectivity index (χ0v) is 19.8. The smallest absolute Gasteiger partial charge is 0.252 e. The topological polar surface area (TPSA) is 88.2 Å². The molecule has 3 aliphatic heterocycles. The van der Waals surface area contributed by atoms with Gasteiger partial charge in [-0.25, -0.2) is 0 Å². The number of ether oxygens (including phenoxy) is 2. The Hall–Kier alpha value is -2.77. The van der Waals surface area contributed by atoms with Crippen molar-refractivity contribution in [1.29, 1.82) is 0 Å². The standard InChI is InChI=1S/C26H35N3O5/c30-24(20-8-9-21-22(16-20)34-17-33-21)27-23(26(32)28-12-4-1-5-13-28)18-10-14-29(15-11-18)25(31)19-6-2-3-7-19/h8-9,16,18-19,23H,1-7,10-15,17H2,(H,27,30). The van der Waals surface area contributed by atoms with E-state index in [4.69, 9.17) is 9.47 Å². The van der Waals surface area contributed by atoms with Crippen LogP contribution in [-0.2, 0) is 9.59 Å². The van der Waals surface area contributed by atoms with Crippen LogP contribution < -0.4 is 14.8 Å². The fourth-order valence-corrected chi connectivity index (χ4v) is 5.84. The van der Waals surface area contributed by atoms with E-state index in [1.54, 1.807) is 18.2 Å². The molecule has 1 N–H and O–H groups in total. The van der Waals surface area contributed by atoms with Gasteiger partial charge in [0.15, 0.2) is 11.5 Å². The van der Waals surface area contributed by atoms with Gasteiger partial charge >= 0.3 is 0 Å². The van der Waals surface area contributed by atoms with Gasteiger partial charge in [0.2, 0.25) is 18.6 Å². The molecule has 0 spiro atoms. The molecule has 3 fully saturated rings. The van der Waals surface area contributed by atoms with Gasteiger partial charge in [-0.1, -0.05) is 12.8 Å². The van der Waals surface area contributed by atoms with Gasteiger partial charge in [-0.15, -0.1) is 0 Å². The number of amides is 3. The summed E-state index contributed by atoms with van der Waals surface area (Å²) in [7, 11) is 0. The van der Waals surface area contributed by atoms with E-state index >= 15 is 0 Å². The second kappa shape index (κ2) is 10.2. The Labute approximate surface area is 200 Å². The lowest BCUT2D eigenvalue weighted by molar-refractivity contribution is -0.138. The van der Waals surface area contributed by atoms with E-state index in [9.17, 15) is 14.4 Å². The maximum Gasteiger partial charge on any atom is 0.252 e. The van der Waals surface area contributed by atoms with E-state index in [1.165, 1.54) is 0 Å². The average molecular weight is 470 g/mol. The van der Waals surface area contributed by atoms with E-state index in [0.717, 1.165) is 70.9 Å². The number of likely N-dealkylation sites (tertiary alicyclic amines) is 2. The van der Waals surface area contributed by atoms with Crippen molar-refractivity contribution in [3.63, 3.8) is 0 Å². The number of carbonyl (C=O) groups is 3. The van der Waals surface area contributed by atoms with Gasteiger partial charge in [-0.2, -0.15) is 0 Å². The molecule has 0 aromatic heterocycles. The zero-order valence-electron chi connectivity index (χ0n) is 19.8. The molecule has 1 saturated carbocycles. The van der Waals surface area contributed by atoms with Gasteiger partial charge in [0, 0.05) is 37.7 Å². The van der Waals surface area contributed by atoms with E-state index in [-0.39, 0.29) is 36.4 Å². The fraction of sp³-hybridized carbons (Fsp3) is 0.654. The van der Waals surface area contributed by atoms with Gasteiger partial charge in [0.1, 0.15) is 6.04 Å². The molecule has 1 atom stereocenters. The highest BCUT2D eigenvalue weighted by Gasteiger charge is 2.38. The second-order valence-electron chi connectivity index (χ2n) is 10.0. The number of rotatable bonds is 5. The third kappa shape index (κ3) is 4.86. The zero-order chi connectivity index (χ0) is 23.5. The van der Waals surface area contributed by atoms with E-state index in [1.807, 2.05) is 9.80 Å². The summed E-state index contributed by atoms with van der Waals surface area (Å²) >= 11 is 0. The first-order chi connectivity index (χ1) is 16.6. The molecule has 34 heavy (non-hydrogen) atoms. The van der Waals surface area contributed by atoms with Crippen LogP contribution in [0.1, 0.15) is 68.1 Å². The lowest BCUT2D eigenvalue weighted by Crippen LogP contribution is -2.55. The summed E-state index contributed by atoms with van der Waals surface area (Å²) in [5.74, 6) is 1.36. The molecule has 5 rings (SSSR count). The van der Waals surface area contributed by atoms with E-state index < -0.39 is 6.04 Å². The Morgan fingerprint density at radius 3 is 2.26 bits per heavy atom. The summed E-state index contributed by atoms with van der Waals surface area (Å²) in [6.45, 7) is 2.95. The Morgan fingerprint density at radius 2 is 1.53 bits per heavy atom. The third-order valence-electron chi connectivity index (χ3n) is 7.88. The van der Waals surface area contributed by atoms with Crippen LogP contribution in [0.5, 0.6) is 11.5 Å². The number of fused-ring (bicyclic) bond motifs is 1. The molecule has 1 unspecified atom stereocenters. The predicted molar refractivity (Wildman–Crippen MR) is 126 cm³/mol. The van der Waals surface area contributed by atoms with Crippen LogP contribution in [-0.4, -0.2) is 66.5 Å². The number of carbonyl (C=O) groups excluding carboxylic acids is 3. The normalized spacial score (nSPS) is 22.0. The van der Waals surface area contributed by atoms with Gasteiger partial charge in [0.25, 0.3) is 5.91 Å². The van der Waals surface area contributed by atoms with Crippen LogP contribution >= 0.6 is 0 Å². The molecule has 1 aromatic rings. The monoisotopic (exact) mass is 469 g/mol. The average Bonchev–Trinajstić information content (AvgIpc) is 3.59. The molecular formula is C26H35N3O5. The summed E-state index contributed by atoms with van der Waals surface area (Å²) in [6, 6.07) is 4.52. The molecule has 1 aromatic carbocycles. The molecule has 184 valence electrons. The van der Waals surface area contributed by atoms with Crippen LogP contribution in [0.15, 0.2) is 18.2 Å². The highest BCUT2D eigenvalue weighted by molar-refractivity contribution is 5.98. The third-order valence-corrected chi connectivity index (χ3v) is 7.88. The summed E-state index contributed by atoms with van der Waals surface area (Å²) in [5, 5.41) is 3.06. The van der Waals surface area contributed by atoms with Gasteiger partial charge in [-0.3, -0.25) is 14.4 Å². The predicted octanol–water partition coefficient (Wildman–Crippen LogP) is 2.96. The maximum absolute atomic E-state index is 13.6. The van der Waals surface area contributed by atoms with Gasteiger partial charge in [0.05, 0.1) is 0 Å². The molecule has 0 bridgehead atoms. The van der Waals surface area contributed by atoms with Crippen molar-refractivity contribution in [2.45, 2.75) is 63.8 Å². The minimum Gasteiger partial charge on any atom is -0.454 e. The maximum atomic E-state index is 13.6. The van der Waals surface area contributed by atoms with Gasteiger partial charge < -0.3 is 24.6 Å². The minimum absolute atomic E-state index is 0.00867. The first-order valence-corrected chi connectivity index (χ1v) is 12.9. The first kappa shape index (κ1) is 23.0. The number of nitrogens with one attached hydrogen (secondary N) is 1. The number of nitrogens with zero attached hydrogens (tertiary/aromatic N) is 2. The van der Waals surface area contributed by atoms with Crippen molar-refractivity contribution >= 4 is 17.7 Å². The Balaban J connectivity index is 1.28.